The highest BCUT2D eigenvalue weighted by Gasteiger charge is 2.61. The van der Waals surface area contributed by atoms with Crippen LogP contribution in [0.1, 0.15) is 49.8 Å². The standard InChI is InChI=1S/C23H27IN2O2/c1-16-20(24)12-26(25-16)15-22-8-18-7-19(9-22)11-23(10-18,14-22)21(27)28-13-17-5-3-2-4-6-17/h2-6,12,18-19H,7-11,13-15H2,1H3. The highest BCUT2D eigenvalue weighted by atomic mass is 127. The van der Waals surface area contributed by atoms with E-state index in [1.807, 2.05) is 30.3 Å². The highest BCUT2D eigenvalue weighted by molar-refractivity contribution is 14.1. The summed E-state index contributed by atoms with van der Waals surface area (Å²) in [5.41, 5.74) is 2.10. The molecule has 4 fully saturated rings. The van der Waals surface area contributed by atoms with E-state index in [1.54, 1.807) is 0 Å². The highest BCUT2D eigenvalue weighted by Crippen LogP contribution is 2.66. The van der Waals surface area contributed by atoms with Crippen LogP contribution in [0.5, 0.6) is 0 Å². The van der Waals surface area contributed by atoms with Crippen LogP contribution in [-0.2, 0) is 22.7 Å². The van der Waals surface area contributed by atoms with Gasteiger partial charge in [-0.05, 0) is 90.9 Å². The summed E-state index contributed by atoms with van der Waals surface area (Å²) in [6, 6.07) is 10.0. The molecule has 5 heteroatoms. The lowest BCUT2D eigenvalue weighted by Gasteiger charge is -2.60. The largest absolute Gasteiger partial charge is 0.460 e. The topological polar surface area (TPSA) is 44.1 Å². The molecule has 4 saturated carbocycles. The van der Waals surface area contributed by atoms with E-state index in [4.69, 9.17) is 9.84 Å². The Balaban J connectivity index is 1.36. The Morgan fingerprint density at radius 1 is 1.21 bits per heavy atom. The summed E-state index contributed by atoms with van der Waals surface area (Å²) < 4.78 is 9.22. The molecule has 4 aliphatic rings. The number of hydrogen-bond donors (Lipinski definition) is 0. The maximum absolute atomic E-state index is 13.3. The zero-order chi connectivity index (χ0) is 19.4. The smallest absolute Gasteiger partial charge is 0.312 e. The molecule has 2 aromatic rings. The van der Waals surface area contributed by atoms with E-state index in [-0.39, 0.29) is 16.8 Å². The molecule has 0 amide bonds. The van der Waals surface area contributed by atoms with Gasteiger partial charge in [-0.15, -0.1) is 0 Å². The lowest BCUT2D eigenvalue weighted by Crippen LogP contribution is -2.56. The molecular formula is C23H27IN2O2. The second-order valence-electron chi connectivity index (χ2n) is 9.56. The Labute approximate surface area is 180 Å². The normalized spacial score (nSPS) is 33.2. The van der Waals surface area contributed by atoms with Crippen molar-refractivity contribution in [2.75, 3.05) is 0 Å². The van der Waals surface area contributed by atoms with Crippen molar-refractivity contribution < 1.29 is 9.53 Å². The van der Waals surface area contributed by atoms with Gasteiger partial charge in [-0.2, -0.15) is 5.10 Å². The molecule has 2 unspecified atom stereocenters. The lowest BCUT2D eigenvalue weighted by atomic mass is 9.44. The number of hydrogen-bond acceptors (Lipinski definition) is 3. The van der Waals surface area contributed by atoms with Gasteiger partial charge < -0.3 is 4.74 Å². The average molecular weight is 490 g/mol. The molecule has 0 aliphatic heterocycles. The van der Waals surface area contributed by atoms with Crippen molar-refractivity contribution in [2.24, 2.45) is 22.7 Å². The van der Waals surface area contributed by atoms with E-state index >= 15 is 0 Å². The Hall–Kier alpha value is -1.37. The van der Waals surface area contributed by atoms with E-state index in [9.17, 15) is 4.79 Å². The number of halogens is 1. The molecule has 4 nitrogen and oxygen atoms in total. The number of esters is 1. The van der Waals surface area contributed by atoms with Crippen LogP contribution >= 0.6 is 22.6 Å². The number of nitrogens with zero attached hydrogens (tertiary/aromatic N) is 2. The van der Waals surface area contributed by atoms with Crippen molar-refractivity contribution in [3.8, 4) is 0 Å². The van der Waals surface area contributed by atoms with Gasteiger partial charge in [0.2, 0.25) is 0 Å². The monoisotopic (exact) mass is 490 g/mol. The molecule has 28 heavy (non-hydrogen) atoms. The van der Waals surface area contributed by atoms with Crippen LogP contribution in [0.2, 0.25) is 0 Å². The predicted molar refractivity (Wildman–Crippen MR) is 115 cm³/mol. The molecule has 0 N–H and O–H groups in total. The van der Waals surface area contributed by atoms with Crippen LogP contribution in [-0.4, -0.2) is 15.7 Å². The molecule has 0 spiro atoms. The minimum atomic E-state index is -0.270. The SMILES string of the molecule is Cc1nn(CC23CC4CC(C2)CC(C(=O)OCc2ccccc2)(C4)C3)cc1I. The first-order valence-corrected chi connectivity index (χ1v) is 11.4. The number of aromatic nitrogens is 2. The summed E-state index contributed by atoms with van der Waals surface area (Å²) >= 11 is 2.36. The summed E-state index contributed by atoms with van der Waals surface area (Å²) in [6.07, 6.45) is 8.96. The van der Waals surface area contributed by atoms with E-state index in [0.29, 0.717) is 18.4 Å². The molecule has 1 aromatic carbocycles. The molecule has 2 atom stereocenters. The van der Waals surface area contributed by atoms with Crippen molar-refractivity contribution in [3.05, 3.63) is 51.4 Å². The number of aryl methyl sites for hydroxylation is 1. The van der Waals surface area contributed by atoms with E-state index in [1.165, 1.54) is 22.8 Å². The molecular weight excluding hydrogens is 463 g/mol. The Morgan fingerprint density at radius 2 is 1.93 bits per heavy atom. The molecule has 6 rings (SSSR count). The van der Waals surface area contributed by atoms with Crippen LogP contribution in [0.25, 0.3) is 0 Å². The van der Waals surface area contributed by atoms with Gasteiger partial charge >= 0.3 is 5.97 Å². The van der Waals surface area contributed by atoms with E-state index in [2.05, 4.69) is 40.4 Å². The number of benzene rings is 1. The fourth-order valence-electron chi connectivity index (χ4n) is 6.67. The van der Waals surface area contributed by atoms with Gasteiger partial charge in [-0.3, -0.25) is 9.48 Å². The maximum atomic E-state index is 13.3. The molecule has 1 heterocycles. The van der Waals surface area contributed by atoms with Crippen LogP contribution in [0.15, 0.2) is 36.5 Å². The fraction of sp³-hybridized carbons (Fsp3) is 0.565. The molecule has 1 aromatic heterocycles. The predicted octanol–water partition coefficient (Wildman–Crippen LogP) is 5.13. The van der Waals surface area contributed by atoms with Crippen LogP contribution in [0.4, 0.5) is 0 Å². The Kier molecular flexibility index (Phi) is 4.56. The lowest BCUT2D eigenvalue weighted by molar-refractivity contribution is -0.184. The van der Waals surface area contributed by atoms with E-state index in [0.717, 1.165) is 37.1 Å². The van der Waals surface area contributed by atoms with Crippen molar-refractivity contribution in [2.45, 2.75) is 58.6 Å². The summed E-state index contributed by atoms with van der Waals surface area (Å²) in [6.45, 7) is 3.40. The third kappa shape index (κ3) is 3.29. The van der Waals surface area contributed by atoms with Gasteiger partial charge in [0.15, 0.2) is 0 Å². The first-order chi connectivity index (χ1) is 13.5. The average Bonchev–Trinajstić information content (AvgIpc) is 2.95. The van der Waals surface area contributed by atoms with Gasteiger partial charge in [0, 0.05) is 12.7 Å². The third-order valence-electron chi connectivity index (χ3n) is 7.21. The Bertz CT molecular complexity index is 858. The molecule has 0 radical (unpaired) electrons. The summed E-state index contributed by atoms with van der Waals surface area (Å²) in [4.78, 5) is 13.3. The summed E-state index contributed by atoms with van der Waals surface area (Å²) in [5.74, 6) is 1.38. The van der Waals surface area contributed by atoms with Crippen molar-refractivity contribution in [1.29, 1.82) is 0 Å². The van der Waals surface area contributed by atoms with Crippen molar-refractivity contribution in [1.82, 2.24) is 9.78 Å². The maximum Gasteiger partial charge on any atom is 0.312 e. The summed E-state index contributed by atoms with van der Waals surface area (Å²) in [7, 11) is 0. The third-order valence-corrected chi connectivity index (χ3v) is 8.27. The fourth-order valence-corrected chi connectivity index (χ4v) is 7.10. The Morgan fingerprint density at radius 3 is 2.57 bits per heavy atom. The van der Waals surface area contributed by atoms with Gasteiger partial charge in [-0.25, -0.2) is 0 Å². The van der Waals surface area contributed by atoms with Gasteiger partial charge in [0.1, 0.15) is 6.61 Å². The minimum absolute atomic E-state index is 0.0426. The number of carbonyl (C=O) groups excluding carboxylic acids is 1. The zero-order valence-electron chi connectivity index (χ0n) is 16.4. The van der Waals surface area contributed by atoms with Crippen LogP contribution in [0.3, 0.4) is 0 Å². The zero-order valence-corrected chi connectivity index (χ0v) is 18.5. The number of rotatable bonds is 5. The second-order valence-corrected chi connectivity index (χ2v) is 10.7. The van der Waals surface area contributed by atoms with Crippen molar-refractivity contribution >= 4 is 28.6 Å². The van der Waals surface area contributed by atoms with Gasteiger partial charge in [0.05, 0.1) is 14.7 Å². The first kappa shape index (κ1) is 18.6. The number of ether oxygens (including phenoxy) is 1. The van der Waals surface area contributed by atoms with Gasteiger partial charge in [-0.1, -0.05) is 30.3 Å². The van der Waals surface area contributed by atoms with Crippen LogP contribution < -0.4 is 0 Å². The molecule has 4 aliphatic carbocycles. The van der Waals surface area contributed by atoms with E-state index < -0.39 is 0 Å². The number of carbonyl (C=O) groups is 1. The minimum Gasteiger partial charge on any atom is -0.460 e. The molecule has 0 saturated heterocycles. The molecule has 148 valence electrons. The molecule has 4 bridgehead atoms. The second kappa shape index (κ2) is 6.85. The quantitative estimate of drug-likeness (QED) is 0.432. The first-order valence-electron chi connectivity index (χ1n) is 10.4. The van der Waals surface area contributed by atoms with Gasteiger partial charge in [0.25, 0.3) is 0 Å². The van der Waals surface area contributed by atoms with Crippen LogP contribution in [0, 0.1) is 33.2 Å². The summed E-state index contributed by atoms with van der Waals surface area (Å²) in [5, 5.41) is 4.72. The van der Waals surface area contributed by atoms with Crippen molar-refractivity contribution in [3.63, 3.8) is 0 Å².